The van der Waals surface area contributed by atoms with Gasteiger partial charge in [0.2, 0.25) is 34.2 Å². The van der Waals surface area contributed by atoms with Crippen molar-refractivity contribution in [2.75, 3.05) is 0 Å². The van der Waals surface area contributed by atoms with E-state index in [2.05, 4.69) is 15.0 Å². The maximum atomic E-state index is 8.51. The Kier molecular flexibility index (Phi) is 8.33. The van der Waals surface area contributed by atoms with Crippen molar-refractivity contribution in [3.8, 4) is 33.8 Å². The van der Waals surface area contributed by atoms with Crippen molar-refractivity contribution in [1.29, 1.82) is 0 Å². The number of aryl methyl sites for hydroxylation is 15. The minimum atomic E-state index is -2.53. The summed E-state index contributed by atoms with van der Waals surface area (Å²) in [5.41, 5.74) is 13.0. The van der Waals surface area contributed by atoms with Gasteiger partial charge < -0.3 is 13.3 Å². The van der Waals surface area contributed by atoms with Gasteiger partial charge in [-0.2, -0.15) is 0 Å². The summed E-state index contributed by atoms with van der Waals surface area (Å²) in [5, 5.41) is 3.39. The Labute approximate surface area is 466 Å². The minimum Gasteiger partial charge on any atom is -0.437 e. The molecule has 0 amide bonds. The summed E-state index contributed by atoms with van der Waals surface area (Å²) < 4.78 is 174. The Morgan fingerprint density at radius 1 is 0.440 bits per heavy atom. The highest BCUT2D eigenvalue weighted by atomic mass is 16.3. The van der Waals surface area contributed by atoms with Crippen molar-refractivity contribution in [3.05, 3.63) is 176 Å². The van der Waals surface area contributed by atoms with Gasteiger partial charge in [-0.3, -0.25) is 0 Å². The van der Waals surface area contributed by atoms with Crippen molar-refractivity contribution in [2.24, 2.45) is 21.1 Å². The standard InChI is InChI=1S/C23H25N2O.C22H23N2O.C21H21N2O/c1-13(2)17-9-10-25(6)19(12-17)21-15(4)11-14(3)20-18-8-7-16(5)24-23(18)26-22(20)21;1-12-10-18(24(6)11-15(12)4)20-14(3)9-13(2)19-17-8-7-16(5)23-22(17)25-21(19)20;1-12-6-9-17(23(5)11-12)19-14(3)10-13(2)18-16-8-7-15(4)22-21(16)24-20(18)19/h7-13H,1-6H3;7-11H,1-6H3;6-11H,1-5H3/q3*+1/i1D3,3D3,13D;2D3,4D3;1D3,2D3. The molecule has 0 N–H and O–H groups in total. The van der Waals surface area contributed by atoms with Crippen molar-refractivity contribution >= 4 is 66.2 Å². The van der Waals surface area contributed by atoms with E-state index in [0.717, 1.165) is 45.2 Å². The largest absolute Gasteiger partial charge is 0.437 e. The number of hydrogen-bond acceptors (Lipinski definition) is 6. The zero-order valence-electron chi connectivity index (χ0n) is 62.7. The fourth-order valence-corrected chi connectivity index (χ4v) is 10.0. The molecule has 378 valence electrons. The lowest BCUT2D eigenvalue weighted by atomic mass is 9.95. The zero-order chi connectivity index (χ0) is 69.4. The number of aromatic nitrogens is 6. The van der Waals surface area contributed by atoms with Gasteiger partial charge >= 0.3 is 0 Å². The van der Waals surface area contributed by atoms with Crippen molar-refractivity contribution in [3.63, 3.8) is 0 Å². The third-order valence-corrected chi connectivity index (χ3v) is 13.8. The summed E-state index contributed by atoms with van der Waals surface area (Å²) in [7, 11) is 5.35. The molecule has 0 spiro atoms. The van der Waals surface area contributed by atoms with Crippen molar-refractivity contribution < 1.29 is 53.0 Å². The molecule has 9 nitrogen and oxygen atoms in total. The molecule has 0 radical (unpaired) electrons. The van der Waals surface area contributed by atoms with E-state index in [1.54, 1.807) is 98.1 Å². The third-order valence-electron chi connectivity index (χ3n) is 13.8. The highest BCUT2D eigenvalue weighted by Crippen LogP contribution is 2.42. The van der Waals surface area contributed by atoms with E-state index >= 15 is 0 Å². The molecule has 12 aromatic rings. The molecule has 0 fully saturated rings. The van der Waals surface area contributed by atoms with Crippen molar-refractivity contribution in [2.45, 2.75) is 102 Å². The Bertz CT molecular complexity index is 5040. The molecule has 0 aliphatic carbocycles. The highest BCUT2D eigenvalue weighted by molar-refractivity contribution is 6.12. The van der Waals surface area contributed by atoms with Crippen LogP contribution in [0, 0.1) is 82.7 Å². The monoisotopic (exact) mass is 1010 g/mol. The number of rotatable bonds is 4. The van der Waals surface area contributed by atoms with Crippen LogP contribution in [0.5, 0.6) is 0 Å². The minimum absolute atomic E-state index is 0.176. The Balaban J connectivity index is 0.000000154. The van der Waals surface area contributed by atoms with Crippen LogP contribution in [0.4, 0.5) is 0 Å². The number of nitrogens with zero attached hydrogens (tertiary/aromatic N) is 6. The predicted octanol–water partition coefficient (Wildman–Crippen LogP) is 15.2. The summed E-state index contributed by atoms with van der Waals surface area (Å²) >= 11 is 0. The van der Waals surface area contributed by atoms with E-state index in [1.165, 1.54) is 6.92 Å². The average molecular weight is 1010 g/mol. The van der Waals surface area contributed by atoms with Gasteiger partial charge in [0.15, 0.2) is 35.3 Å². The molecule has 0 bridgehead atoms. The zero-order valence-corrected chi connectivity index (χ0v) is 43.7. The van der Waals surface area contributed by atoms with Crippen LogP contribution in [0.25, 0.3) is 100.0 Å². The summed E-state index contributed by atoms with van der Waals surface area (Å²) in [6.07, 6.45) is 4.87. The second kappa shape index (κ2) is 19.3. The van der Waals surface area contributed by atoms with Crippen LogP contribution in [0.1, 0.15) is 118 Å². The molecule has 0 aliphatic heterocycles. The summed E-state index contributed by atoms with van der Waals surface area (Å²) in [4.78, 5) is 13.3. The van der Waals surface area contributed by atoms with E-state index in [9.17, 15) is 0 Å². The number of pyridine rings is 6. The third kappa shape index (κ3) is 9.02. The lowest BCUT2D eigenvalue weighted by molar-refractivity contribution is -0.660. The number of furan rings is 3. The fraction of sp³-hybridized carbons (Fsp3) is 0.273. The van der Waals surface area contributed by atoms with Gasteiger partial charge in [0.05, 0.1) is 16.7 Å². The van der Waals surface area contributed by atoms with Gasteiger partial charge in [-0.15, -0.1) is 0 Å². The summed E-state index contributed by atoms with van der Waals surface area (Å²) in [6, 6.07) is 24.3. The first-order valence-corrected chi connectivity index (χ1v) is 24.3. The van der Waals surface area contributed by atoms with Gasteiger partial charge in [0.25, 0.3) is 0 Å². The predicted molar refractivity (Wildman–Crippen MR) is 305 cm³/mol. The molecule has 0 saturated heterocycles. The lowest BCUT2D eigenvalue weighted by Gasteiger charge is -2.10. The highest BCUT2D eigenvalue weighted by Gasteiger charge is 2.26. The molecule has 9 aromatic heterocycles. The Morgan fingerprint density at radius 3 is 1.31 bits per heavy atom. The normalized spacial score (nSPS) is 17.2. The van der Waals surface area contributed by atoms with Crippen LogP contribution in [0.3, 0.4) is 0 Å². The van der Waals surface area contributed by atoms with Crippen LogP contribution in [-0.4, -0.2) is 15.0 Å². The molecule has 12 rings (SSSR count). The van der Waals surface area contributed by atoms with Crippen molar-refractivity contribution in [1.82, 2.24) is 15.0 Å². The molecule has 3 aromatic carbocycles. The van der Waals surface area contributed by atoms with Crippen LogP contribution in [0.2, 0.25) is 0 Å². The lowest BCUT2D eigenvalue weighted by Crippen LogP contribution is -2.31. The topological polar surface area (TPSA) is 89.7 Å². The Hall–Kier alpha value is -8.04. The van der Waals surface area contributed by atoms with Gasteiger partial charge in [0, 0.05) is 111 Å². The molecule has 9 heteroatoms. The first-order valence-electron chi connectivity index (χ1n) is 33.8. The second-order valence-electron chi connectivity index (χ2n) is 19.5. The molecule has 9 heterocycles. The fourth-order valence-electron chi connectivity index (χ4n) is 10.0. The van der Waals surface area contributed by atoms with Crippen LogP contribution in [-0.2, 0) is 21.1 Å². The number of hydrogen-bond donors (Lipinski definition) is 0. The molecule has 0 saturated carbocycles. The maximum Gasteiger partial charge on any atom is 0.227 e. The van der Waals surface area contributed by atoms with Gasteiger partial charge in [-0.25, -0.2) is 28.7 Å². The maximum absolute atomic E-state index is 8.51. The number of benzene rings is 3. The smallest absolute Gasteiger partial charge is 0.227 e. The molecular weight excluding hydrogens is 925 g/mol. The van der Waals surface area contributed by atoms with Gasteiger partial charge in [0.1, 0.15) is 21.1 Å². The quantitative estimate of drug-likeness (QED) is 0.163. The average Bonchev–Trinajstić information content (AvgIpc) is 1.54. The molecule has 1 atom stereocenters. The second-order valence-corrected chi connectivity index (χ2v) is 19.5. The van der Waals surface area contributed by atoms with Gasteiger partial charge in [-0.05, 0) is 176 Å². The van der Waals surface area contributed by atoms with Crippen LogP contribution >= 0.6 is 0 Å². The molecule has 75 heavy (non-hydrogen) atoms. The first kappa shape index (κ1) is 32.3. The molecule has 1 unspecified atom stereocenters. The summed E-state index contributed by atoms with van der Waals surface area (Å²) in [5.74, 6) is -1.83. The van der Waals surface area contributed by atoms with E-state index in [4.69, 9.17) is 39.3 Å². The van der Waals surface area contributed by atoms with Crippen LogP contribution < -0.4 is 13.7 Å². The summed E-state index contributed by atoms with van der Waals surface area (Å²) in [6.45, 7) is 0.128. The van der Waals surface area contributed by atoms with E-state index in [0.29, 0.717) is 99.7 Å². The van der Waals surface area contributed by atoms with E-state index in [-0.39, 0.29) is 27.8 Å². The Morgan fingerprint density at radius 2 is 0.880 bits per heavy atom. The van der Waals surface area contributed by atoms with E-state index < -0.39 is 47.0 Å². The SMILES string of the molecule is [2H]C([2H])([2H])c1c[n+](C)c(-c2c(C)cc(C([2H])([2H])[2H])c3c2oc2nc(C)ccc23)cc1C.[2H]C([2H])([2H])c1cc(C)c(-c2cc(C([2H])(C)C([2H])([2H])[2H])cc[n+]2C)c2oc3nc(C)ccc3c12.[2H]C([2H])([2H])c1ccc(-c2c(C)cc(C([2H])([2H])[2H])c3c2oc2nc(C)ccc23)[n+](C)c1. The van der Waals surface area contributed by atoms with Gasteiger partial charge in [-0.1, -0.05) is 32.0 Å². The number of fused-ring (bicyclic) bond motifs is 9. The van der Waals surface area contributed by atoms with E-state index in [1.807, 2.05) is 88.7 Å². The first-order chi connectivity index (χ1) is 43.3. The molecular formula is C66H69N6O3+3. The van der Waals surface area contributed by atoms with Crippen LogP contribution in [0.15, 0.2) is 117 Å². The molecule has 0 aliphatic rings.